The van der Waals surface area contributed by atoms with Crippen molar-refractivity contribution in [2.24, 2.45) is 0 Å². The average Bonchev–Trinajstić information content (AvgIpc) is 2.58. The maximum Gasteiger partial charge on any atom is -0.0152 e. The Hall–Kier alpha value is -2.34. The third-order valence-electron chi connectivity index (χ3n) is 3.52. The predicted molar refractivity (Wildman–Crippen MR) is 108 cm³/mol. The van der Waals surface area contributed by atoms with Crippen molar-refractivity contribution in [3.63, 3.8) is 0 Å². The monoisotopic (exact) mass is 318 g/mol. The average molecular weight is 319 g/mol. The third-order valence-corrected chi connectivity index (χ3v) is 3.52. The Morgan fingerprint density at radius 3 is 1.12 bits per heavy atom. The molecule has 0 fully saturated rings. The van der Waals surface area contributed by atoms with Crippen molar-refractivity contribution in [3.8, 4) is 11.1 Å². The summed E-state index contributed by atoms with van der Waals surface area (Å²) in [7, 11) is 0. The van der Waals surface area contributed by atoms with Crippen molar-refractivity contribution in [1.82, 2.24) is 0 Å². The van der Waals surface area contributed by atoms with Crippen LogP contribution in [-0.4, -0.2) is 0 Å². The quantitative estimate of drug-likeness (QED) is 0.439. The van der Waals surface area contributed by atoms with E-state index in [1.165, 1.54) is 34.2 Å². The fourth-order valence-electron chi connectivity index (χ4n) is 2.28. The maximum absolute atomic E-state index is 2.18. The summed E-state index contributed by atoms with van der Waals surface area (Å²) in [6, 6.07) is 27.3. The van der Waals surface area contributed by atoms with Crippen LogP contribution in [0.4, 0.5) is 0 Å². The highest BCUT2D eigenvalue weighted by Crippen LogP contribution is 2.25. The number of rotatable bonds is 1. The summed E-state index contributed by atoms with van der Waals surface area (Å²) in [6.45, 7) is 10.6. The van der Waals surface area contributed by atoms with Crippen LogP contribution in [-0.2, 0) is 0 Å². The van der Waals surface area contributed by atoms with E-state index in [0.717, 1.165) is 0 Å². The molecule has 0 aliphatic carbocycles. The Kier molecular flexibility index (Phi) is 9.23. The molecule has 0 radical (unpaired) electrons. The van der Waals surface area contributed by atoms with Crippen molar-refractivity contribution < 1.29 is 0 Å². The van der Waals surface area contributed by atoms with E-state index in [0.29, 0.717) is 0 Å². The highest BCUT2D eigenvalue weighted by Gasteiger charge is 2.02. The maximum atomic E-state index is 2.18. The van der Waals surface area contributed by atoms with E-state index in [4.69, 9.17) is 0 Å². The lowest BCUT2D eigenvalue weighted by molar-refractivity contribution is 1.09. The molecule has 0 saturated heterocycles. The first-order chi connectivity index (χ1) is 11.6. The molecule has 0 aromatic heterocycles. The second-order valence-electron chi connectivity index (χ2n) is 5.99. The molecular formula is C24H30. The lowest BCUT2D eigenvalue weighted by Gasteiger charge is -2.08. The van der Waals surface area contributed by atoms with Gasteiger partial charge in [0.05, 0.1) is 0 Å². The molecular weight excluding hydrogens is 288 g/mol. The largest absolute Gasteiger partial charge is 0.0656 e. The molecule has 0 aliphatic rings. The standard InChI is InChI=1S/C14H14.C7H8.C3H8/c1-11-7-3-5-9-13(11)14-10-6-4-8-12(14)2;1-7-5-3-2-4-6-7;1-3-2/h3-10H,1-2H3;2-6H,1H3;3H2,1-2H3. The zero-order chi connectivity index (χ0) is 17.8. The summed E-state index contributed by atoms with van der Waals surface area (Å²) >= 11 is 0. The first-order valence-electron chi connectivity index (χ1n) is 8.73. The minimum Gasteiger partial charge on any atom is -0.0656 e. The Morgan fingerprint density at radius 1 is 0.500 bits per heavy atom. The van der Waals surface area contributed by atoms with Crippen molar-refractivity contribution in [1.29, 1.82) is 0 Å². The molecule has 126 valence electrons. The lowest BCUT2D eigenvalue weighted by atomic mass is 9.97. The number of hydrogen-bond donors (Lipinski definition) is 0. The molecule has 3 rings (SSSR count). The number of benzene rings is 3. The number of aryl methyl sites for hydroxylation is 3. The van der Waals surface area contributed by atoms with E-state index in [2.05, 4.69) is 95.3 Å². The third kappa shape index (κ3) is 6.83. The molecule has 0 aliphatic heterocycles. The van der Waals surface area contributed by atoms with Crippen molar-refractivity contribution >= 4 is 0 Å². The second-order valence-corrected chi connectivity index (χ2v) is 5.99. The van der Waals surface area contributed by atoms with Gasteiger partial charge in [0.15, 0.2) is 0 Å². The van der Waals surface area contributed by atoms with Crippen LogP contribution in [0.3, 0.4) is 0 Å². The Bertz CT molecular complexity index is 652. The van der Waals surface area contributed by atoms with Gasteiger partial charge in [-0.25, -0.2) is 0 Å². The van der Waals surface area contributed by atoms with Crippen LogP contribution in [0, 0.1) is 20.8 Å². The molecule has 0 bridgehead atoms. The molecule has 0 unspecified atom stereocenters. The summed E-state index contributed by atoms with van der Waals surface area (Å²) in [5, 5.41) is 0. The molecule has 0 N–H and O–H groups in total. The van der Waals surface area contributed by atoms with Gasteiger partial charge in [0, 0.05) is 0 Å². The minimum absolute atomic E-state index is 1.25. The highest BCUT2D eigenvalue weighted by molar-refractivity contribution is 5.70. The van der Waals surface area contributed by atoms with E-state index in [1.807, 2.05) is 18.2 Å². The molecule has 3 aromatic rings. The van der Waals surface area contributed by atoms with Gasteiger partial charge in [-0.05, 0) is 43.0 Å². The Labute approximate surface area is 148 Å². The van der Waals surface area contributed by atoms with Gasteiger partial charge in [-0.3, -0.25) is 0 Å². The first kappa shape index (κ1) is 19.7. The van der Waals surface area contributed by atoms with E-state index >= 15 is 0 Å². The van der Waals surface area contributed by atoms with Gasteiger partial charge in [-0.15, -0.1) is 0 Å². The van der Waals surface area contributed by atoms with Crippen molar-refractivity contribution in [3.05, 3.63) is 95.6 Å². The van der Waals surface area contributed by atoms with Gasteiger partial charge >= 0.3 is 0 Å². The van der Waals surface area contributed by atoms with Crippen LogP contribution >= 0.6 is 0 Å². The molecule has 3 aromatic carbocycles. The summed E-state index contributed by atoms with van der Waals surface area (Å²) in [4.78, 5) is 0. The topological polar surface area (TPSA) is 0 Å². The molecule has 24 heavy (non-hydrogen) atoms. The van der Waals surface area contributed by atoms with Gasteiger partial charge in [0.1, 0.15) is 0 Å². The van der Waals surface area contributed by atoms with Crippen LogP contribution in [0.25, 0.3) is 11.1 Å². The van der Waals surface area contributed by atoms with Crippen LogP contribution in [0.2, 0.25) is 0 Å². The molecule has 0 heteroatoms. The zero-order valence-electron chi connectivity index (χ0n) is 15.7. The minimum atomic E-state index is 1.25. The van der Waals surface area contributed by atoms with E-state index < -0.39 is 0 Å². The Morgan fingerprint density at radius 2 is 0.833 bits per heavy atom. The van der Waals surface area contributed by atoms with E-state index in [1.54, 1.807) is 0 Å². The SMILES string of the molecule is CCC.Cc1ccccc1.Cc1ccccc1-c1ccccc1C. The smallest absolute Gasteiger partial charge is 0.0152 e. The van der Waals surface area contributed by atoms with E-state index in [-0.39, 0.29) is 0 Å². The molecule has 0 nitrogen and oxygen atoms in total. The summed E-state index contributed by atoms with van der Waals surface area (Å²) in [6.07, 6.45) is 1.25. The molecule has 0 atom stereocenters. The fraction of sp³-hybridized carbons (Fsp3) is 0.250. The second kappa shape index (κ2) is 11.2. The summed E-state index contributed by atoms with van der Waals surface area (Å²) < 4.78 is 0. The first-order valence-corrected chi connectivity index (χ1v) is 8.73. The van der Waals surface area contributed by atoms with Gasteiger partial charge in [0.2, 0.25) is 0 Å². The summed E-state index contributed by atoms with van der Waals surface area (Å²) in [5.41, 5.74) is 6.67. The molecule has 0 amide bonds. The van der Waals surface area contributed by atoms with Crippen LogP contribution in [0.5, 0.6) is 0 Å². The summed E-state index contributed by atoms with van der Waals surface area (Å²) in [5.74, 6) is 0. The van der Waals surface area contributed by atoms with Gasteiger partial charge in [0.25, 0.3) is 0 Å². The van der Waals surface area contributed by atoms with Gasteiger partial charge in [-0.1, -0.05) is 105 Å². The van der Waals surface area contributed by atoms with Crippen LogP contribution < -0.4 is 0 Å². The lowest BCUT2D eigenvalue weighted by Crippen LogP contribution is -1.85. The van der Waals surface area contributed by atoms with Gasteiger partial charge in [-0.2, -0.15) is 0 Å². The number of hydrogen-bond acceptors (Lipinski definition) is 0. The van der Waals surface area contributed by atoms with Crippen molar-refractivity contribution in [2.75, 3.05) is 0 Å². The molecule has 0 heterocycles. The predicted octanol–water partition coefficient (Wildman–Crippen LogP) is 7.38. The fourth-order valence-corrected chi connectivity index (χ4v) is 2.28. The molecule has 0 saturated carbocycles. The van der Waals surface area contributed by atoms with Crippen molar-refractivity contribution in [2.45, 2.75) is 41.0 Å². The zero-order valence-corrected chi connectivity index (χ0v) is 15.7. The van der Waals surface area contributed by atoms with Crippen LogP contribution in [0.15, 0.2) is 78.9 Å². The normalized spacial score (nSPS) is 9.21. The highest BCUT2D eigenvalue weighted by atomic mass is 14.1. The van der Waals surface area contributed by atoms with E-state index in [9.17, 15) is 0 Å². The Balaban J connectivity index is 0.000000241. The van der Waals surface area contributed by atoms with Crippen LogP contribution in [0.1, 0.15) is 37.0 Å². The van der Waals surface area contributed by atoms with Gasteiger partial charge < -0.3 is 0 Å². The molecule has 0 spiro atoms.